The Labute approximate surface area is 336 Å². The number of nitrogens with one attached hydrogen (secondary N) is 3. The maximum atomic E-state index is 12.8. The number of aliphatic hydroxyl groups excluding tert-OH is 1. The predicted octanol–water partition coefficient (Wildman–Crippen LogP) is 3.18. The van der Waals surface area contributed by atoms with Crippen LogP contribution >= 0.6 is 23.2 Å². The molecule has 58 heavy (non-hydrogen) atoms. The van der Waals surface area contributed by atoms with Gasteiger partial charge in [-0.15, -0.1) is 10.2 Å². The van der Waals surface area contributed by atoms with Gasteiger partial charge in [0.2, 0.25) is 34.4 Å². The molecule has 4 aromatic rings. The van der Waals surface area contributed by atoms with Crippen LogP contribution in [-0.2, 0) is 39.9 Å². The number of allylic oxidation sites excluding steroid dienone is 2. The fraction of sp³-hybridized carbons (Fsp3) is 0.143. The van der Waals surface area contributed by atoms with Crippen LogP contribution in [0.25, 0.3) is 0 Å². The van der Waals surface area contributed by atoms with Gasteiger partial charge >= 0.3 is 0 Å². The highest BCUT2D eigenvalue weighted by atomic mass is 35.5. The Morgan fingerprint density at radius 1 is 0.776 bits per heavy atom. The molecule has 0 aliphatic heterocycles. The van der Waals surface area contributed by atoms with Crippen LogP contribution in [-0.4, -0.2) is 85.6 Å². The molecule has 1 amide bonds. The van der Waals surface area contributed by atoms with Crippen LogP contribution in [0.2, 0.25) is 10.6 Å². The van der Waals surface area contributed by atoms with E-state index < -0.39 is 108 Å². The number of amides is 1. The summed E-state index contributed by atoms with van der Waals surface area (Å²) in [6, 6.07) is 4.17. The smallest absolute Gasteiger partial charge is 0.296 e. The van der Waals surface area contributed by atoms with Gasteiger partial charge in [-0.2, -0.15) is 55.2 Å². The number of Topliss-reactive ketones (excluding diaryl/α,β-unsaturated/α-hetero) is 1. The van der Waals surface area contributed by atoms with E-state index in [1.165, 1.54) is 13.8 Å². The topological polar surface area (TPSA) is 408 Å². The number of carbonyl (C=O) groups is 2. The Balaban J connectivity index is 1.58. The zero-order chi connectivity index (χ0) is 43.1. The third-order valence-electron chi connectivity index (χ3n) is 7.64. The van der Waals surface area contributed by atoms with E-state index in [2.05, 4.69) is 56.1 Å². The monoisotopic (exact) mass is 901 g/mol. The molecule has 2 aromatic heterocycles. The number of carbonyl (C=O) groups excluding carboxylic acids is 2. The molecule has 0 bridgehead atoms. The maximum Gasteiger partial charge on any atom is 0.296 e. The van der Waals surface area contributed by atoms with Crippen molar-refractivity contribution in [1.29, 1.82) is 0 Å². The van der Waals surface area contributed by atoms with Crippen molar-refractivity contribution in [3.05, 3.63) is 63.5 Å². The van der Waals surface area contributed by atoms with Crippen molar-refractivity contribution in [2.24, 2.45) is 21.9 Å². The van der Waals surface area contributed by atoms with Gasteiger partial charge in [-0.25, -0.2) is 0 Å². The number of nitrogens with two attached hydrogens (primary N) is 2. The summed E-state index contributed by atoms with van der Waals surface area (Å²) in [5.74, 6) is -5.55. The number of primary amides is 1. The molecule has 2 aromatic carbocycles. The molecular formula is C28H25Cl2N13O12S3. The molecule has 0 radical (unpaired) electrons. The normalized spacial score (nSPS) is 15.2. The number of halogens is 2. The highest BCUT2D eigenvalue weighted by Gasteiger charge is 2.37. The second kappa shape index (κ2) is 16.1. The van der Waals surface area contributed by atoms with Gasteiger partial charge < -0.3 is 32.5 Å². The van der Waals surface area contributed by atoms with Crippen LogP contribution in [0.4, 0.5) is 46.5 Å². The highest BCUT2D eigenvalue weighted by Crippen LogP contribution is 2.38. The third kappa shape index (κ3) is 9.57. The van der Waals surface area contributed by atoms with Crippen LogP contribution in [0.3, 0.4) is 0 Å². The largest absolute Gasteiger partial charge is 0.509 e. The Morgan fingerprint density at radius 2 is 1.31 bits per heavy atom. The third-order valence-corrected chi connectivity index (χ3v) is 10.7. The van der Waals surface area contributed by atoms with Gasteiger partial charge in [-0.3, -0.25) is 23.2 Å². The van der Waals surface area contributed by atoms with Crippen LogP contribution in [0, 0.1) is 5.92 Å². The minimum Gasteiger partial charge on any atom is -0.509 e. The molecule has 0 saturated carbocycles. The first-order valence-electron chi connectivity index (χ1n) is 15.4. The molecule has 2 heterocycles. The van der Waals surface area contributed by atoms with Crippen molar-refractivity contribution in [1.82, 2.24) is 29.9 Å². The minimum absolute atomic E-state index is 0.00573. The summed E-state index contributed by atoms with van der Waals surface area (Å²) < 4.78 is 104. The molecule has 306 valence electrons. The number of hydrogen-bond acceptors (Lipinski definition) is 21. The fourth-order valence-corrected chi connectivity index (χ4v) is 7.52. The number of aromatic nitrogens is 6. The molecule has 0 saturated heterocycles. The number of rotatable bonds is 13. The molecule has 0 spiro atoms. The van der Waals surface area contributed by atoms with E-state index in [1.54, 1.807) is 0 Å². The summed E-state index contributed by atoms with van der Waals surface area (Å²) in [6.07, 6.45) is -0.0220. The average molecular weight is 903 g/mol. The fourth-order valence-electron chi connectivity index (χ4n) is 5.20. The summed E-state index contributed by atoms with van der Waals surface area (Å²) in [4.78, 5) is 44.7. The summed E-state index contributed by atoms with van der Waals surface area (Å²) in [5.41, 5.74) is 7.86. The molecule has 5 rings (SSSR count). The lowest BCUT2D eigenvalue weighted by atomic mass is 9.83. The van der Waals surface area contributed by atoms with Crippen LogP contribution in [0.1, 0.15) is 20.3 Å². The summed E-state index contributed by atoms with van der Waals surface area (Å²) >= 11 is 11.9. The molecule has 1 unspecified atom stereocenters. The van der Waals surface area contributed by atoms with Crippen LogP contribution in [0.5, 0.6) is 0 Å². The quantitative estimate of drug-likeness (QED) is 0.0528. The van der Waals surface area contributed by atoms with E-state index >= 15 is 0 Å². The molecule has 11 N–H and O–H groups in total. The van der Waals surface area contributed by atoms with Gasteiger partial charge in [0.1, 0.15) is 31.8 Å². The van der Waals surface area contributed by atoms with Gasteiger partial charge in [0, 0.05) is 5.69 Å². The molecular weight excluding hydrogens is 877 g/mol. The molecule has 1 aliphatic carbocycles. The van der Waals surface area contributed by atoms with Gasteiger partial charge in [0.15, 0.2) is 5.78 Å². The van der Waals surface area contributed by atoms with E-state index in [-0.39, 0.29) is 40.5 Å². The van der Waals surface area contributed by atoms with E-state index in [1.807, 2.05) is 0 Å². The van der Waals surface area contributed by atoms with Crippen LogP contribution < -0.4 is 27.4 Å². The lowest BCUT2D eigenvalue weighted by Crippen LogP contribution is -2.32. The molecule has 1 aliphatic rings. The summed E-state index contributed by atoms with van der Waals surface area (Å²) in [5, 5.41) is 25.0. The first-order valence-corrected chi connectivity index (χ1v) is 20.5. The lowest BCUT2D eigenvalue weighted by molar-refractivity contribution is -0.123. The number of hydrogen-bond donors (Lipinski definition) is 9. The number of nitrogen functional groups attached to an aromatic ring is 1. The standard InChI is InChI=1S/C28H25Cl2N13O12S3/c1-3-11-20(44)18(22(31)46)9(2)19(21(11)45)43-42-14-7-13(16(57(50,51)52)8-17(14)58(53,54)55)35-28-39-24(30)38-26(41-28)33-10-4-5-15(56(47,48)49)12(6-10)34-27-37-23(29)36-25(32)40-27/h4-8,11,45H,3H2,1-2H3,(H2,31,46)(H,47,48,49)(H,50,51,52)(H,53,54,55)(H3,32,34,36,37,40)(H2,33,35,38,39,41). The van der Waals surface area contributed by atoms with Crippen molar-refractivity contribution in [2.45, 2.75) is 35.0 Å². The molecule has 30 heteroatoms. The Bertz CT molecular complexity index is 2840. The summed E-state index contributed by atoms with van der Waals surface area (Å²) in [6.45, 7) is 2.70. The number of aliphatic hydroxyl groups is 1. The number of azo groups is 1. The van der Waals surface area contributed by atoms with Crippen LogP contribution in [0.15, 0.2) is 77.8 Å². The SMILES string of the molecule is CCC1C(=O)C(C(N)=O)=C(C)C(N=Nc2cc(Nc3nc(Cl)nc(Nc4ccc(S(=O)(=O)O)c(Nc5nc(N)nc(Cl)n5)c4)n3)c(S(=O)(=O)O)cc2S(=O)(=O)O)=C1O. The molecule has 0 fully saturated rings. The van der Waals surface area contributed by atoms with Crippen molar-refractivity contribution in [3.8, 4) is 0 Å². The number of anilines is 7. The number of ketones is 1. The molecule has 25 nitrogen and oxygen atoms in total. The molecule has 1 atom stereocenters. The zero-order valence-corrected chi connectivity index (χ0v) is 32.9. The first-order chi connectivity index (χ1) is 26.9. The maximum absolute atomic E-state index is 12.8. The van der Waals surface area contributed by atoms with Crippen molar-refractivity contribution < 1.29 is 53.6 Å². The predicted molar refractivity (Wildman–Crippen MR) is 201 cm³/mol. The van der Waals surface area contributed by atoms with Crippen molar-refractivity contribution in [2.75, 3.05) is 21.7 Å². The second-order valence-electron chi connectivity index (χ2n) is 11.5. The number of benzene rings is 2. The Morgan fingerprint density at radius 3 is 1.84 bits per heavy atom. The average Bonchev–Trinajstić information content (AvgIpc) is 3.06. The first kappa shape index (κ1) is 43.1. The highest BCUT2D eigenvalue weighted by molar-refractivity contribution is 7.87. The Kier molecular flexibility index (Phi) is 12.0. The van der Waals surface area contributed by atoms with Gasteiger partial charge in [-0.05, 0) is 72.5 Å². The van der Waals surface area contributed by atoms with Crippen molar-refractivity contribution in [3.63, 3.8) is 0 Å². The van der Waals surface area contributed by atoms with Crippen molar-refractivity contribution >= 4 is 112 Å². The zero-order valence-electron chi connectivity index (χ0n) is 28.9. The second-order valence-corrected chi connectivity index (χ2v) is 16.3. The van der Waals surface area contributed by atoms with Gasteiger partial charge in [-0.1, -0.05) is 6.92 Å². The van der Waals surface area contributed by atoms with E-state index in [9.17, 15) is 53.6 Å². The van der Waals surface area contributed by atoms with E-state index in [0.29, 0.717) is 12.1 Å². The van der Waals surface area contributed by atoms with Gasteiger partial charge in [0.05, 0.1) is 22.9 Å². The summed E-state index contributed by atoms with van der Waals surface area (Å²) in [7, 11) is -15.6. The number of nitrogens with zero attached hydrogens (tertiary/aromatic N) is 8. The van der Waals surface area contributed by atoms with E-state index in [4.69, 9.17) is 34.7 Å². The van der Waals surface area contributed by atoms with E-state index in [0.717, 1.165) is 18.2 Å². The van der Waals surface area contributed by atoms with Gasteiger partial charge in [0.25, 0.3) is 36.3 Å². The lowest BCUT2D eigenvalue weighted by Gasteiger charge is -2.22. The minimum atomic E-state index is -5.35. The Hall–Kier alpha value is -6.01.